The van der Waals surface area contributed by atoms with Crippen molar-refractivity contribution in [2.75, 3.05) is 19.6 Å². The number of non-ortho nitro benzene ring substituents is 1. The summed E-state index contributed by atoms with van der Waals surface area (Å²) in [6.07, 6.45) is 0. The van der Waals surface area contributed by atoms with Crippen LogP contribution >= 0.6 is 0 Å². The Morgan fingerprint density at radius 3 is 2.77 bits per heavy atom. The Kier molecular flexibility index (Phi) is 4.22. The van der Waals surface area contributed by atoms with E-state index in [9.17, 15) is 10.1 Å². The normalized spacial score (nSPS) is 19.2. The number of hydrogen-bond acceptors (Lipinski definition) is 5. The largest absolute Gasteiger partial charge is 0.460 e. The van der Waals surface area contributed by atoms with Crippen LogP contribution in [0, 0.1) is 10.1 Å². The van der Waals surface area contributed by atoms with Gasteiger partial charge in [0.15, 0.2) is 0 Å². The first-order valence-corrected chi connectivity index (χ1v) is 7.41. The summed E-state index contributed by atoms with van der Waals surface area (Å²) < 4.78 is 5.88. The molecule has 1 atom stereocenters. The molecule has 6 nitrogen and oxygen atoms in total. The second kappa shape index (κ2) is 6.29. The number of hydrogen-bond donors (Lipinski definition) is 1. The number of nitrogens with one attached hydrogen (secondary N) is 1. The van der Waals surface area contributed by atoms with Crippen LogP contribution < -0.4 is 5.32 Å². The van der Waals surface area contributed by atoms with Gasteiger partial charge in [-0.3, -0.25) is 15.0 Å². The Balaban J connectivity index is 1.69. The molecule has 6 heteroatoms. The van der Waals surface area contributed by atoms with Crippen LogP contribution in [0.5, 0.6) is 0 Å². The highest BCUT2D eigenvalue weighted by Gasteiger charge is 2.17. The van der Waals surface area contributed by atoms with Gasteiger partial charge in [0.25, 0.3) is 5.69 Å². The molecule has 0 aliphatic carbocycles. The summed E-state index contributed by atoms with van der Waals surface area (Å²) in [7, 11) is 0. The Hall–Kier alpha value is -2.18. The van der Waals surface area contributed by atoms with Crippen molar-refractivity contribution < 1.29 is 9.34 Å². The van der Waals surface area contributed by atoms with E-state index in [-0.39, 0.29) is 5.69 Å². The first-order chi connectivity index (χ1) is 10.6. The fraction of sp³-hybridized carbons (Fsp3) is 0.375. The molecular formula is C16H19N3O3. The lowest BCUT2D eigenvalue weighted by Gasteiger charge is -2.31. The standard InChI is InChI=1S/C16H19N3O3/c1-12-10-18(9-8-17-12)11-15-6-7-16(22-15)13-2-4-14(5-3-13)19(20)21/h2-7,12,17H,8-11H2,1H3/t12-/m1/s1. The van der Waals surface area contributed by atoms with Gasteiger partial charge in [0.1, 0.15) is 11.5 Å². The average Bonchev–Trinajstić information content (AvgIpc) is 2.96. The number of benzene rings is 1. The number of furan rings is 1. The molecule has 1 saturated heterocycles. The zero-order chi connectivity index (χ0) is 15.5. The number of nitro benzene ring substituents is 1. The predicted molar refractivity (Wildman–Crippen MR) is 83.5 cm³/mol. The molecule has 1 aromatic carbocycles. The van der Waals surface area contributed by atoms with Crippen LogP contribution in [0.25, 0.3) is 11.3 Å². The number of piperazine rings is 1. The van der Waals surface area contributed by atoms with Crippen molar-refractivity contribution in [2.45, 2.75) is 19.5 Å². The number of rotatable bonds is 4. The van der Waals surface area contributed by atoms with Crippen molar-refractivity contribution in [1.82, 2.24) is 10.2 Å². The Morgan fingerprint density at radius 2 is 2.09 bits per heavy atom. The third-order valence-corrected chi connectivity index (χ3v) is 3.86. The maximum atomic E-state index is 10.7. The lowest BCUT2D eigenvalue weighted by Crippen LogP contribution is -2.48. The topological polar surface area (TPSA) is 71.5 Å². The monoisotopic (exact) mass is 301 g/mol. The molecule has 2 aromatic rings. The van der Waals surface area contributed by atoms with E-state index in [1.165, 1.54) is 12.1 Å². The molecule has 0 amide bonds. The van der Waals surface area contributed by atoms with Gasteiger partial charge in [-0.15, -0.1) is 0 Å². The fourth-order valence-corrected chi connectivity index (χ4v) is 2.74. The summed E-state index contributed by atoms with van der Waals surface area (Å²) in [5.74, 6) is 1.66. The van der Waals surface area contributed by atoms with Gasteiger partial charge >= 0.3 is 0 Å². The lowest BCUT2D eigenvalue weighted by molar-refractivity contribution is -0.384. The first kappa shape index (κ1) is 14.7. The highest BCUT2D eigenvalue weighted by molar-refractivity contribution is 5.59. The molecule has 1 N–H and O–H groups in total. The second-order valence-electron chi connectivity index (χ2n) is 5.66. The zero-order valence-corrected chi connectivity index (χ0v) is 12.5. The maximum Gasteiger partial charge on any atom is 0.269 e. The van der Waals surface area contributed by atoms with Crippen molar-refractivity contribution in [3.8, 4) is 11.3 Å². The minimum absolute atomic E-state index is 0.0883. The summed E-state index contributed by atoms with van der Waals surface area (Å²) >= 11 is 0. The molecule has 0 radical (unpaired) electrons. The van der Waals surface area contributed by atoms with E-state index in [0.29, 0.717) is 6.04 Å². The molecule has 22 heavy (non-hydrogen) atoms. The fourth-order valence-electron chi connectivity index (χ4n) is 2.74. The van der Waals surface area contributed by atoms with Crippen LogP contribution in [-0.2, 0) is 6.54 Å². The van der Waals surface area contributed by atoms with E-state index in [1.807, 2.05) is 12.1 Å². The van der Waals surface area contributed by atoms with Crippen LogP contribution in [0.15, 0.2) is 40.8 Å². The van der Waals surface area contributed by atoms with E-state index in [4.69, 9.17) is 4.42 Å². The van der Waals surface area contributed by atoms with Crippen LogP contribution in [0.4, 0.5) is 5.69 Å². The average molecular weight is 301 g/mol. The van der Waals surface area contributed by atoms with Crippen molar-refractivity contribution in [3.63, 3.8) is 0 Å². The van der Waals surface area contributed by atoms with Crippen LogP contribution in [0.3, 0.4) is 0 Å². The number of nitro groups is 1. The van der Waals surface area contributed by atoms with E-state index in [1.54, 1.807) is 12.1 Å². The molecule has 1 fully saturated rings. The molecule has 116 valence electrons. The molecule has 1 aromatic heterocycles. The predicted octanol–water partition coefficient (Wildman–Crippen LogP) is 2.65. The van der Waals surface area contributed by atoms with Gasteiger partial charge in [0, 0.05) is 43.4 Å². The molecule has 0 unspecified atom stereocenters. The SMILES string of the molecule is C[C@@H]1CN(Cc2ccc(-c3ccc([N+](=O)[O-])cc3)o2)CCN1. The Morgan fingerprint density at radius 1 is 1.32 bits per heavy atom. The molecule has 3 rings (SSSR count). The third kappa shape index (κ3) is 3.35. The molecule has 0 bridgehead atoms. The van der Waals surface area contributed by atoms with Crippen molar-refractivity contribution in [1.29, 1.82) is 0 Å². The van der Waals surface area contributed by atoms with Gasteiger partial charge in [0.05, 0.1) is 11.5 Å². The Bertz CT molecular complexity index is 651. The van der Waals surface area contributed by atoms with Crippen LogP contribution in [-0.4, -0.2) is 35.5 Å². The quantitative estimate of drug-likeness (QED) is 0.694. The van der Waals surface area contributed by atoms with Crippen molar-refractivity contribution >= 4 is 5.69 Å². The first-order valence-electron chi connectivity index (χ1n) is 7.41. The summed E-state index contributed by atoms with van der Waals surface area (Å²) in [6.45, 7) is 5.98. The highest BCUT2D eigenvalue weighted by Crippen LogP contribution is 2.25. The molecule has 2 heterocycles. The van der Waals surface area contributed by atoms with Gasteiger partial charge in [-0.25, -0.2) is 0 Å². The summed E-state index contributed by atoms with van der Waals surface area (Å²) in [5, 5.41) is 14.1. The minimum Gasteiger partial charge on any atom is -0.460 e. The molecular weight excluding hydrogens is 282 g/mol. The summed E-state index contributed by atoms with van der Waals surface area (Å²) in [4.78, 5) is 12.6. The van der Waals surface area contributed by atoms with E-state index < -0.39 is 4.92 Å². The van der Waals surface area contributed by atoms with E-state index >= 15 is 0 Å². The van der Waals surface area contributed by atoms with E-state index in [2.05, 4.69) is 17.1 Å². The van der Waals surface area contributed by atoms with Gasteiger partial charge < -0.3 is 9.73 Å². The van der Waals surface area contributed by atoms with Crippen LogP contribution in [0.1, 0.15) is 12.7 Å². The molecule has 1 aliphatic rings. The molecule has 0 spiro atoms. The Labute approximate surface area is 128 Å². The summed E-state index contributed by atoms with van der Waals surface area (Å²) in [6, 6.07) is 10.8. The molecule has 0 saturated carbocycles. The smallest absolute Gasteiger partial charge is 0.269 e. The van der Waals surface area contributed by atoms with E-state index in [0.717, 1.165) is 43.3 Å². The van der Waals surface area contributed by atoms with Gasteiger partial charge in [-0.2, -0.15) is 0 Å². The van der Waals surface area contributed by atoms with Gasteiger partial charge in [-0.1, -0.05) is 0 Å². The molecule has 1 aliphatic heterocycles. The lowest BCUT2D eigenvalue weighted by atomic mass is 10.1. The number of nitrogens with zero attached hydrogens (tertiary/aromatic N) is 2. The van der Waals surface area contributed by atoms with Gasteiger partial charge in [-0.05, 0) is 31.2 Å². The summed E-state index contributed by atoms with van der Waals surface area (Å²) in [5.41, 5.74) is 0.941. The van der Waals surface area contributed by atoms with Gasteiger partial charge in [0.2, 0.25) is 0 Å². The van der Waals surface area contributed by atoms with Crippen molar-refractivity contribution in [2.24, 2.45) is 0 Å². The zero-order valence-electron chi connectivity index (χ0n) is 12.5. The highest BCUT2D eigenvalue weighted by atomic mass is 16.6. The maximum absolute atomic E-state index is 10.7. The third-order valence-electron chi connectivity index (χ3n) is 3.86. The van der Waals surface area contributed by atoms with Crippen molar-refractivity contribution in [3.05, 3.63) is 52.3 Å². The second-order valence-corrected chi connectivity index (χ2v) is 5.66. The minimum atomic E-state index is -0.400. The van der Waals surface area contributed by atoms with Crippen LogP contribution in [0.2, 0.25) is 0 Å².